The highest BCUT2D eigenvalue weighted by Crippen LogP contribution is 2.57. The normalized spacial score (nSPS) is 12.5. The van der Waals surface area contributed by atoms with Crippen LogP contribution in [0.4, 0.5) is 0 Å². The molecule has 12 aromatic rings. The Hall–Kier alpha value is -8.99. The predicted molar refractivity (Wildman–Crippen MR) is 277 cm³/mol. The van der Waals surface area contributed by atoms with Gasteiger partial charge in [-0.1, -0.05) is 212 Å². The van der Waals surface area contributed by atoms with Crippen molar-refractivity contribution in [1.82, 2.24) is 15.0 Å². The number of nitrogens with zero attached hydrogens (tertiary/aromatic N) is 3. The third kappa shape index (κ3) is 6.49. The molecule has 318 valence electrons. The number of rotatable bonds is 8. The van der Waals surface area contributed by atoms with Crippen LogP contribution in [0.25, 0.3) is 101 Å². The minimum atomic E-state index is -0.501. The van der Waals surface area contributed by atoms with Crippen LogP contribution in [0.15, 0.2) is 253 Å². The van der Waals surface area contributed by atoms with E-state index in [1.165, 1.54) is 33.4 Å². The van der Waals surface area contributed by atoms with Gasteiger partial charge in [0.25, 0.3) is 0 Å². The van der Waals surface area contributed by atoms with Crippen LogP contribution in [0.3, 0.4) is 0 Å². The molecule has 4 heteroatoms. The van der Waals surface area contributed by atoms with Gasteiger partial charge in [0.1, 0.15) is 11.2 Å². The van der Waals surface area contributed by atoms with Crippen molar-refractivity contribution < 1.29 is 4.42 Å². The van der Waals surface area contributed by atoms with E-state index in [4.69, 9.17) is 19.4 Å². The van der Waals surface area contributed by atoms with Crippen LogP contribution in [0.1, 0.15) is 22.3 Å². The molecule has 1 aliphatic rings. The van der Waals surface area contributed by atoms with Crippen LogP contribution < -0.4 is 0 Å². The molecule has 0 saturated heterocycles. The lowest BCUT2D eigenvalue weighted by atomic mass is 9.67. The Morgan fingerprint density at radius 3 is 1.37 bits per heavy atom. The topological polar surface area (TPSA) is 51.8 Å². The molecule has 0 atom stereocenters. The fraction of sp³-hybridized carbons (Fsp3) is 0.0156. The smallest absolute Gasteiger partial charge is 0.164 e. The van der Waals surface area contributed by atoms with E-state index in [0.29, 0.717) is 17.5 Å². The van der Waals surface area contributed by atoms with Crippen molar-refractivity contribution in [3.8, 4) is 78.7 Å². The highest BCUT2D eigenvalue weighted by Gasteiger charge is 2.46. The standard InChI is InChI=1S/C64H41N3O/c1-5-18-42(19-6-1)44-22-15-24-48(38-44)61-65-62(49-25-16-23-45(39-49)43-20-7-2-8-21-43)67-63(66-61)54-31-17-33-59-60(54)55-40-46(35-37-58(55)68-59)47-34-36-53-52-30-13-14-32-56(52)64(57(53)41-47,50-26-9-3-10-27-50)51-28-11-4-12-29-51/h1-41H. The summed E-state index contributed by atoms with van der Waals surface area (Å²) >= 11 is 0. The quantitative estimate of drug-likeness (QED) is 0.153. The molecule has 0 saturated carbocycles. The zero-order valence-electron chi connectivity index (χ0n) is 36.9. The lowest BCUT2D eigenvalue weighted by Crippen LogP contribution is -2.28. The summed E-state index contributed by atoms with van der Waals surface area (Å²) in [6, 6.07) is 88.3. The third-order valence-electron chi connectivity index (χ3n) is 13.6. The Bertz CT molecular complexity index is 3700. The molecule has 0 N–H and O–H groups in total. The monoisotopic (exact) mass is 867 g/mol. The Balaban J connectivity index is 0.992. The summed E-state index contributed by atoms with van der Waals surface area (Å²) in [4.78, 5) is 15.8. The van der Waals surface area contributed by atoms with Crippen molar-refractivity contribution in [2.45, 2.75) is 5.41 Å². The summed E-state index contributed by atoms with van der Waals surface area (Å²) in [6.07, 6.45) is 0. The highest BCUT2D eigenvalue weighted by molar-refractivity contribution is 6.13. The second-order valence-electron chi connectivity index (χ2n) is 17.5. The third-order valence-corrected chi connectivity index (χ3v) is 13.6. The number of hydrogen-bond donors (Lipinski definition) is 0. The van der Waals surface area contributed by atoms with Crippen LogP contribution in [0.5, 0.6) is 0 Å². The van der Waals surface area contributed by atoms with Gasteiger partial charge in [0.05, 0.1) is 5.41 Å². The van der Waals surface area contributed by atoms with Crippen molar-refractivity contribution in [1.29, 1.82) is 0 Å². The molecule has 10 aromatic carbocycles. The van der Waals surface area contributed by atoms with Gasteiger partial charge in [0, 0.05) is 27.5 Å². The van der Waals surface area contributed by atoms with Gasteiger partial charge in [-0.05, 0) is 103 Å². The molecule has 2 heterocycles. The van der Waals surface area contributed by atoms with E-state index < -0.39 is 5.41 Å². The van der Waals surface area contributed by atoms with E-state index in [9.17, 15) is 0 Å². The molecular weight excluding hydrogens is 827 g/mol. The summed E-state index contributed by atoms with van der Waals surface area (Å²) in [7, 11) is 0. The minimum Gasteiger partial charge on any atom is -0.456 e. The summed E-state index contributed by atoms with van der Waals surface area (Å²) in [5, 5.41) is 1.95. The van der Waals surface area contributed by atoms with Crippen molar-refractivity contribution in [3.05, 3.63) is 271 Å². The van der Waals surface area contributed by atoms with Gasteiger partial charge in [-0.25, -0.2) is 15.0 Å². The zero-order valence-corrected chi connectivity index (χ0v) is 36.9. The fourth-order valence-corrected chi connectivity index (χ4v) is 10.5. The Morgan fingerprint density at radius 1 is 0.279 bits per heavy atom. The van der Waals surface area contributed by atoms with Gasteiger partial charge in [-0.15, -0.1) is 0 Å². The number of hydrogen-bond acceptors (Lipinski definition) is 4. The summed E-state index contributed by atoms with van der Waals surface area (Å²) in [5.41, 5.74) is 18.0. The maximum absolute atomic E-state index is 6.66. The number of benzene rings is 10. The minimum absolute atomic E-state index is 0.501. The number of fused-ring (bicyclic) bond motifs is 6. The maximum Gasteiger partial charge on any atom is 0.164 e. The SMILES string of the molecule is c1ccc(-c2cccc(-c3nc(-c4cccc(-c5ccccc5)c4)nc(-c4cccc5oc6ccc(-c7ccc8c(c7)C(c7ccccc7)(c7ccccc7)c7ccccc7-8)cc6c45)n3)c2)cc1. The predicted octanol–water partition coefficient (Wildman–Crippen LogP) is 16.1. The first-order valence-corrected chi connectivity index (χ1v) is 23.1. The summed E-state index contributed by atoms with van der Waals surface area (Å²) in [5.74, 6) is 1.76. The van der Waals surface area contributed by atoms with Crippen molar-refractivity contribution in [2.75, 3.05) is 0 Å². The molecule has 0 bridgehead atoms. The fourth-order valence-electron chi connectivity index (χ4n) is 10.5. The molecule has 2 aromatic heterocycles. The van der Waals surface area contributed by atoms with Crippen LogP contribution in [0.2, 0.25) is 0 Å². The zero-order chi connectivity index (χ0) is 45.0. The molecule has 0 fully saturated rings. The average molecular weight is 868 g/mol. The van der Waals surface area contributed by atoms with E-state index in [0.717, 1.165) is 72.0 Å². The van der Waals surface area contributed by atoms with Crippen LogP contribution >= 0.6 is 0 Å². The number of furan rings is 1. The van der Waals surface area contributed by atoms with Gasteiger partial charge in [0.2, 0.25) is 0 Å². The summed E-state index contributed by atoms with van der Waals surface area (Å²) in [6.45, 7) is 0. The Kier molecular flexibility index (Phi) is 9.36. The van der Waals surface area contributed by atoms with Crippen LogP contribution in [-0.2, 0) is 5.41 Å². The van der Waals surface area contributed by atoms with Crippen LogP contribution in [0, 0.1) is 0 Å². The van der Waals surface area contributed by atoms with E-state index in [1.807, 2.05) is 24.3 Å². The molecule has 13 rings (SSSR count). The molecule has 0 spiro atoms. The molecule has 0 amide bonds. The molecule has 0 radical (unpaired) electrons. The summed E-state index contributed by atoms with van der Waals surface area (Å²) < 4.78 is 6.66. The molecule has 1 aliphatic carbocycles. The van der Waals surface area contributed by atoms with Gasteiger partial charge in [0.15, 0.2) is 17.5 Å². The van der Waals surface area contributed by atoms with Crippen LogP contribution in [-0.4, -0.2) is 15.0 Å². The number of aromatic nitrogens is 3. The first-order valence-electron chi connectivity index (χ1n) is 23.1. The molecule has 4 nitrogen and oxygen atoms in total. The van der Waals surface area contributed by atoms with Gasteiger partial charge in [-0.3, -0.25) is 0 Å². The first-order chi connectivity index (χ1) is 33.7. The second kappa shape index (κ2) is 16.2. The van der Waals surface area contributed by atoms with E-state index >= 15 is 0 Å². The van der Waals surface area contributed by atoms with E-state index in [2.05, 4.69) is 224 Å². The molecule has 0 aliphatic heterocycles. The van der Waals surface area contributed by atoms with Crippen molar-refractivity contribution >= 4 is 21.9 Å². The lowest BCUT2D eigenvalue weighted by molar-refractivity contribution is 0.669. The molecule has 68 heavy (non-hydrogen) atoms. The lowest BCUT2D eigenvalue weighted by Gasteiger charge is -2.34. The van der Waals surface area contributed by atoms with E-state index in [-0.39, 0.29) is 0 Å². The van der Waals surface area contributed by atoms with Crippen molar-refractivity contribution in [2.24, 2.45) is 0 Å². The highest BCUT2D eigenvalue weighted by atomic mass is 16.3. The second-order valence-corrected chi connectivity index (χ2v) is 17.5. The Morgan fingerprint density at radius 2 is 0.735 bits per heavy atom. The van der Waals surface area contributed by atoms with Gasteiger partial charge in [-0.2, -0.15) is 0 Å². The molecule has 0 unspecified atom stereocenters. The first kappa shape index (κ1) is 39.4. The largest absolute Gasteiger partial charge is 0.456 e. The van der Waals surface area contributed by atoms with Gasteiger partial charge < -0.3 is 4.42 Å². The molecular formula is C64H41N3O. The maximum atomic E-state index is 6.66. The van der Waals surface area contributed by atoms with Crippen molar-refractivity contribution in [3.63, 3.8) is 0 Å². The van der Waals surface area contributed by atoms with E-state index in [1.54, 1.807) is 0 Å². The average Bonchev–Trinajstić information content (AvgIpc) is 3.95. The Labute approximate surface area is 394 Å². The van der Waals surface area contributed by atoms with Gasteiger partial charge >= 0.3 is 0 Å².